The van der Waals surface area contributed by atoms with Gasteiger partial charge in [-0.25, -0.2) is 33.2 Å². The third-order valence-electron chi connectivity index (χ3n) is 7.19. The Labute approximate surface area is 257 Å². The fourth-order valence-electron chi connectivity index (χ4n) is 5.01. The standard InChI is InChI=1S/C27H28F7N11O/c1-26(30,31)14-38-25(46)45(21-12-35-20(11-36-21)15-9-39-43(2)13-15)17-5-3-16(4-6-17)40-24-37-10-18(27(32,33)34)22(41-24)19-7-8-44(42-19)23(28)29/h7-13,16-17,23H,3-6,14H2,1-2H3,(H,38,46)(H,37,40,41)/t16-,17-. The van der Waals surface area contributed by atoms with E-state index >= 15 is 0 Å². The number of carbonyl (C=O) groups is 1. The van der Waals surface area contributed by atoms with Gasteiger partial charge < -0.3 is 10.6 Å². The molecule has 0 aromatic carbocycles. The normalized spacial score (nSPS) is 17.3. The number of nitrogens with zero attached hydrogens (tertiary/aromatic N) is 9. The molecular formula is C27H28F7N11O. The van der Waals surface area contributed by atoms with Gasteiger partial charge in [0.05, 0.1) is 30.8 Å². The molecule has 1 aliphatic carbocycles. The number of nitrogens with one attached hydrogen (secondary N) is 2. The van der Waals surface area contributed by atoms with Crippen LogP contribution in [-0.4, -0.2) is 70.1 Å². The largest absolute Gasteiger partial charge is 0.420 e. The molecule has 0 atom stereocenters. The van der Waals surface area contributed by atoms with Crippen LogP contribution in [0, 0.1) is 0 Å². The van der Waals surface area contributed by atoms with E-state index in [0.717, 1.165) is 12.3 Å². The Morgan fingerprint density at radius 2 is 1.76 bits per heavy atom. The first kappa shape index (κ1) is 32.6. The Morgan fingerprint density at radius 1 is 1.02 bits per heavy atom. The van der Waals surface area contributed by atoms with Gasteiger partial charge in [-0.2, -0.15) is 32.1 Å². The monoisotopic (exact) mass is 655 g/mol. The summed E-state index contributed by atoms with van der Waals surface area (Å²) in [4.78, 5) is 30.9. The first-order valence-electron chi connectivity index (χ1n) is 14.0. The topological polar surface area (TPSA) is 132 Å². The van der Waals surface area contributed by atoms with E-state index in [9.17, 15) is 35.5 Å². The predicted molar refractivity (Wildman–Crippen MR) is 150 cm³/mol. The summed E-state index contributed by atoms with van der Waals surface area (Å²) in [6.45, 7) is -3.28. The third-order valence-corrected chi connectivity index (χ3v) is 7.19. The van der Waals surface area contributed by atoms with Crippen LogP contribution in [0.4, 0.5) is 47.3 Å². The lowest BCUT2D eigenvalue weighted by Gasteiger charge is -2.36. The molecule has 0 radical (unpaired) electrons. The van der Waals surface area contributed by atoms with Gasteiger partial charge in [-0.05, 0) is 31.7 Å². The van der Waals surface area contributed by atoms with Gasteiger partial charge in [-0.3, -0.25) is 14.6 Å². The summed E-state index contributed by atoms with van der Waals surface area (Å²) < 4.78 is 96.0. The summed E-state index contributed by atoms with van der Waals surface area (Å²) in [5, 5.41) is 12.8. The molecule has 4 aromatic heterocycles. The fraction of sp³-hybridized carbons (Fsp3) is 0.444. The second-order valence-electron chi connectivity index (χ2n) is 10.8. The van der Waals surface area contributed by atoms with Crippen molar-refractivity contribution in [1.82, 2.24) is 44.8 Å². The number of alkyl halides is 7. The molecule has 0 bridgehead atoms. The minimum Gasteiger partial charge on any atom is -0.351 e. The zero-order valence-electron chi connectivity index (χ0n) is 24.4. The van der Waals surface area contributed by atoms with E-state index in [1.165, 1.54) is 17.3 Å². The lowest BCUT2D eigenvalue weighted by Crippen LogP contribution is -2.51. The highest BCUT2D eigenvalue weighted by Crippen LogP contribution is 2.36. The van der Waals surface area contributed by atoms with Crippen molar-refractivity contribution in [2.75, 3.05) is 16.8 Å². The molecule has 12 nitrogen and oxygen atoms in total. The zero-order valence-corrected chi connectivity index (χ0v) is 24.4. The van der Waals surface area contributed by atoms with Crippen LogP contribution >= 0.6 is 0 Å². The molecule has 0 unspecified atom stereocenters. The minimum absolute atomic E-state index is 0.139. The second-order valence-corrected chi connectivity index (χ2v) is 10.8. The van der Waals surface area contributed by atoms with Gasteiger partial charge in [0.1, 0.15) is 17.0 Å². The van der Waals surface area contributed by atoms with Gasteiger partial charge in [0.2, 0.25) is 5.95 Å². The molecule has 1 saturated carbocycles. The molecule has 0 aliphatic heterocycles. The van der Waals surface area contributed by atoms with Crippen molar-refractivity contribution in [2.45, 2.75) is 63.3 Å². The van der Waals surface area contributed by atoms with Crippen LogP contribution in [0.25, 0.3) is 22.6 Å². The molecule has 0 spiro atoms. The molecule has 4 heterocycles. The van der Waals surface area contributed by atoms with Gasteiger partial charge >= 0.3 is 18.8 Å². The number of carbonyl (C=O) groups excluding carboxylic acids is 1. The van der Waals surface area contributed by atoms with E-state index in [1.807, 2.05) is 0 Å². The van der Waals surface area contributed by atoms with E-state index < -0.39 is 54.2 Å². The molecular weight excluding hydrogens is 627 g/mol. The smallest absolute Gasteiger partial charge is 0.351 e. The highest BCUT2D eigenvalue weighted by Gasteiger charge is 2.37. The third kappa shape index (κ3) is 7.68. The molecule has 4 aromatic rings. The lowest BCUT2D eigenvalue weighted by molar-refractivity contribution is -0.137. The highest BCUT2D eigenvalue weighted by atomic mass is 19.4. The van der Waals surface area contributed by atoms with E-state index in [2.05, 4.69) is 40.8 Å². The maximum atomic E-state index is 13.7. The lowest BCUT2D eigenvalue weighted by atomic mass is 9.90. The molecule has 2 amide bonds. The average molecular weight is 656 g/mol. The van der Waals surface area contributed by atoms with Gasteiger partial charge in [-0.1, -0.05) is 0 Å². The van der Waals surface area contributed by atoms with Crippen LogP contribution in [0.2, 0.25) is 0 Å². The van der Waals surface area contributed by atoms with Crippen LogP contribution in [-0.2, 0) is 13.2 Å². The van der Waals surface area contributed by atoms with E-state index in [0.29, 0.717) is 50.1 Å². The summed E-state index contributed by atoms with van der Waals surface area (Å²) in [7, 11) is 1.74. The van der Waals surface area contributed by atoms with Crippen molar-refractivity contribution in [3.8, 4) is 22.6 Å². The fourth-order valence-corrected chi connectivity index (χ4v) is 5.01. The molecule has 19 heteroatoms. The number of hydrogen-bond acceptors (Lipinski definition) is 8. The Balaban J connectivity index is 1.32. The number of rotatable bonds is 9. The molecule has 5 rings (SSSR count). The van der Waals surface area contributed by atoms with Crippen molar-refractivity contribution >= 4 is 17.8 Å². The zero-order chi connectivity index (χ0) is 33.2. The summed E-state index contributed by atoms with van der Waals surface area (Å²) in [5.74, 6) is -3.19. The summed E-state index contributed by atoms with van der Waals surface area (Å²) in [6, 6.07) is -0.619. The van der Waals surface area contributed by atoms with Crippen LogP contribution in [0.3, 0.4) is 0 Å². The second kappa shape index (κ2) is 12.9. The molecule has 46 heavy (non-hydrogen) atoms. The predicted octanol–water partition coefficient (Wildman–Crippen LogP) is 5.54. The number of amides is 2. The maximum Gasteiger partial charge on any atom is 0.420 e. The Bertz CT molecular complexity index is 1640. The van der Waals surface area contributed by atoms with Crippen LogP contribution in [0.5, 0.6) is 0 Å². The maximum absolute atomic E-state index is 13.7. The van der Waals surface area contributed by atoms with Crippen molar-refractivity contribution in [3.05, 3.63) is 48.8 Å². The van der Waals surface area contributed by atoms with Crippen molar-refractivity contribution in [3.63, 3.8) is 0 Å². The molecule has 1 fully saturated rings. The van der Waals surface area contributed by atoms with Crippen LogP contribution < -0.4 is 15.5 Å². The van der Waals surface area contributed by atoms with Gasteiger partial charge in [-0.15, -0.1) is 0 Å². The van der Waals surface area contributed by atoms with E-state index in [4.69, 9.17) is 0 Å². The SMILES string of the molecule is Cn1cc(-c2cnc(N(C(=O)NCC(C)(F)F)[C@H]3CC[C@H](Nc4ncc(C(F)(F)F)c(-c5ccn(C(F)F)n5)n4)CC3)cn2)cn1. The first-order valence-corrected chi connectivity index (χ1v) is 14.0. The van der Waals surface area contributed by atoms with Crippen molar-refractivity contribution < 1.29 is 35.5 Å². The van der Waals surface area contributed by atoms with Crippen LogP contribution in [0.1, 0.15) is 44.7 Å². The number of aryl methyl sites for hydroxylation is 1. The Kier molecular flexibility index (Phi) is 9.11. The molecule has 1 aliphatic rings. The van der Waals surface area contributed by atoms with Gasteiger partial charge in [0.15, 0.2) is 5.82 Å². The Morgan fingerprint density at radius 3 is 2.33 bits per heavy atom. The minimum atomic E-state index is -4.87. The molecule has 246 valence electrons. The average Bonchev–Trinajstić information content (AvgIpc) is 3.67. The molecule has 0 saturated heterocycles. The highest BCUT2D eigenvalue weighted by molar-refractivity contribution is 5.91. The number of urea groups is 1. The Hall–Kier alpha value is -4.84. The van der Waals surface area contributed by atoms with Crippen LogP contribution in [0.15, 0.2) is 43.2 Å². The van der Waals surface area contributed by atoms with E-state index in [-0.39, 0.29) is 22.5 Å². The van der Waals surface area contributed by atoms with E-state index in [1.54, 1.807) is 24.1 Å². The quantitative estimate of drug-likeness (QED) is 0.225. The van der Waals surface area contributed by atoms with Gasteiger partial charge in [0.25, 0.3) is 5.92 Å². The van der Waals surface area contributed by atoms with Crippen molar-refractivity contribution in [2.24, 2.45) is 7.05 Å². The summed E-state index contributed by atoms with van der Waals surface area (Å²) >= 11 is 0. The number of hydrogen-bond donors (Lipinski definition) is 2. The molecule has 2 N–H and O–H groups in total. The summed E-state index contributed by atoms with van der Waals surface area (Å²) in [6.07, 6.45) is 4.14. The van der Waals surface area contributed by atoms with Gasteiger partial charge in [0, 0.05) is 50.2 Å². The number of halogens is 7. The first-order chi connectivity index (χ1) is 21.7. The summed E-state index contributed by atoms with van der Waals surface area (Å²) in [5.41, 5.74) is -1.14. The number of aromatic nitrogens is 8. The number of anilines is 2. The van der Waals surface area contributed by atoms with Crippen molar-refractivity contribution in [1.29, 1.82) is 0 Å².